The van der Waals surface area contributed by atoms with Crippen LogP contribution in [0.2, 0.25) is 0 Å². The van der Waals surface area contributed by atoms with Gasteiger partial charge >= 0.3 is 0 Å². The van der Waals surface area contributed by atoms with E-state index in [0.717, 1.165) is 32.2 Å². The largest absolute Gasteiger partial charge is 0.225 e. The highest BCUT2D eigenvalue weighted by molar-refractivity contribution is 5.08. The van der Waals surface area contributed by atoms with Crippen LogP contribution in [0.3, 0.4) is 0 Å². The number of nitrogens with zero attached hydrogens (tertiary/aromatic N) is 3. The quantitative estimate of drug-likeness (QED) is 0.324. The molecule has 0 aromatic rings. The molecule has 160 valence electrons. The Kier molecular flexibility index (Phi) is 5.42. The molecule has 27 heavy (non-hydrogen) atoms. The maximum Gasteiger partial charge on any atom is 0.225 e. The van der Waals surface area contributed by atoms with E-state index in [1.165, 1.54) is 0 Å². The van der Waals surface area contributed by atoms with Crippen LogP contribution in [0.4, 0.5) is 0 Å². The van der Waals surface area contributed by atoms with Crippen molar-refractivity contribution in [3.63, 3.8) is 0 Å². The second-order valence-corrected chi connectivity index (χ2v) is 9.26. The van der Waals surface area contributed by atoms with Gasteiger partial charge in [-0.05, 0) is 13.8 Å². The number of hydrogen-bond acceptors (Lipinski definition) is 4. The second kappa shape index (κ2) is 6.36. The summed E-state index contributed by atoms with van der Waals surface area (Å²) in [5.74, 6) is 0. The van der Waals surface area contributed by atoms with Crippen molar-refractivity contribution in [2.45, 2.75) is 117 Å². The van der Waals surface area contributed by atoms with Crippen LogP contribution in [-0.4, -0.2) is 60.1 Å². The van der Waals surface area contributed by atoms with E-state index in [9.17, 15) is 10.4 Å². The molecular formula is C20H44N3O4+3. The van der Waals surface area contributed by atoms with Crippen molar-refractivity contribution in [1.29, 1.82) is 0 Å². The maximum atomic E-state index is 11.4. The molecule has 0 aliphatic carbocycles. The van der Waals surface area contributed by atoms with Gasteiger partial charge < -0.3 is 0 Å². The predicted molar refractivity (Wildman–Crippen MR) is 102 cm³/mol. The van der Waals surface area contributed by atoms with E-state index in [0.29, 0.717) is 4.65 Å². The van der Waals surface area contributed by atoms with Crippen LogP contribution in [-0.2, 0) is 9.88 Å². The van der Waals surface area contributed by atoms with Gasteiger partial charge in [0.15, 0.2) is 17.6 Å². The molecule has 2 aliphatic heterocycles. The summed E-state index contributed by atoms with van der Waals surface area (Å²) < 4.78 is 0.322. The lowest BCUT2D eigenvalue weighted by Gasteiger charge is -2.28. The molecular weight excluding hydrogens is 346 g/mol. The van der Waals surface area contributed by atoms with Gasteiger partial charge in [0.2, 0.25) is 16.1 Å². The van der Waals surface area contributed by atoms with E-state index in [1.54, 1.807) is 0 Å². The van der Waals surface area contributed by atoms with E-state index in [-0.39, 0.29) is 17.6 Å². The zero-order valence-corrected chi connectivity index (χ0v) is 19.3. The van der Waals surface area contributed by atoms with Crippen molar-refractivity contribution in [1.82, 2.24) is 0 Å². The highest BCUT2D eigenvalue weighted by Crippen LogP contribution is 2.66. The number of rotatable bonds is 10. The number of hydroxylamine groups is 10. The van der Waals surface area contributed by atoms with Crippen molar-refractivity contribution in [3.05, 3.63) is 0 Å². The Labute approximate surface area is 165 Å². The van der Waals surface area contributed by atoms with Gasteiger partial charge in [-0.1, -0.05) is 32.3 Å². The predicted octanol–water partition coefficient (Wildman–Crippen LogP) is 4.65. The van der Waals surface area contributed by atoms with Crippen molar-refractivity contribution < 1.29 is 34.7 Å². The first-order valence-corrected chi connectivity index (χ1v) is 10.8. The molecule has 0 bridgehead atoms. The molecule has 7 heteroatoms. The number of hydrogen-bond donors (Lipinski definition) is 2. The fourth-order valence-electron chi connectivity index (χ4n) is 6.00. The van der Waals surface area contributed by atoms with E-state index in [2.05, 4.69) is 34.6 Å². The van der Waals surface area contributed by atoms with Crippen LogP contribution in [0.15, 0.2) is 0 Å². The van der Waals surface area contributed by atoms with E-state index in [4.69, 9.17) is 9.88 Å². The zero-order chi connectivity index (χ0) is 21.2. The van der Waals surface area contributed by atoms with E-state index >= 15 is 0 Å². The molecule has 0 saturated carbocycles. The minimum Gasteiger partial charge on any atom is -0.175 e. The van der Waals surface area contributed by atoms with Gasteiger partial charge in [-0.2, -0.15) is 5.21 Å². The third kappa shape index (κ3) is 2.28. The van der Waals surface area contributed by atoms with Crippen LogP contribution in [0.5, 0.6) is 0 Å². The number of likely N-dealkylation sites (N-methyl/N-ethyl adjacent to an activating group) is 1. The summed E-state index contributed by atoms with van der Waals surface area (Å²) in [6.07, 6.45) is 3.36. The molecule has 0 aromatic heterocycles. The summed E-state index contributed by atoms with van der Waals surface area (Å²) in [5.41, 5.74) is -1.18. The molecule has 5 unspecified atom stereocenters. The molecule has 0 spiro atoms. The molecule has 0 radical (unpaired) electrons. The van der Waals surface area contributed by atoms with Gasteiger partial charge in [-0.25, -0.2) is 0 Å². The summed E-state index contributed by atoms with van der Waals surface area (Å²) in [5, 5.41) is 22.7. The fraction of sp³-hybridized carbons (Fsp3) is 1.00. The fourth-order valence-corrected chi connectivity index (χ4v) is 6.00. The molecule has 2 fully saturated rings. The van der Waals surface area contributed by atoms with Crippen LogP contribution < -0.4 is 0 Å². The van der Waals surface area contributed by atoms with Gasteiger partial charge in [-0.15, -0.1) is 5.21 Å². The average molecular weight is 391 g/mol. The lowest BCUT2D eigenvalue weighted by atomic mass is 9.92. The van der Waals surface area contributed by atoms with Crippen LogP contribution >= 0.6 is 0 Å². The Morgan fingerprint density at radius 1 is 0.704 bits per heavy atom. The minimum absolute atomic E-state index is 0.109. The topological polar surface area (TPSA) is 58.9 Å². The monoisotopic (exact) mass is 390 g/mol. The van der Waals surface area contributed by atoms with Crippen molar-refractivity contribution >= 4 is 0 Å². The third-order valence-electron chi connectivity index (χ3n) is 9.26. The molecule has 0 aromatic carbocycles. The Balaban J connectivity index is 2.37. The number of quaternary nitrogens is 3. The Bertz CT molecular complexity index is 558. The van der Waals surface area contributed by atoms with E-state index in [1.807, 2.05) is 34.6 Å². The minimum atomic E-state index is -1.05. The van der Waals surface area contributed by atoms with Gasteiger partial charge in [-0.3, -0.25) is 0 Å². The lowest BCUT2D eigenvalue weighted by molar-refractivity contribution is -1.57. The van der Waals surface area contributed by atoms with Crippen molar-refractivity contribution in [2.24, 2.45) is 0 Å². The summed E-state index contributed by atoms with van der Waals surface area (Å²) in [7, 11) is 0. The molecule has 2 heterocycles. The van der Waals surface area contributed by atoms with E-state index < -0.39 is 20.9 Å². The second-order valence-electron chi connectivity index (χ2n) is 9.26. The van der Waals surface area contributed by atoms with Crippen LogP contribution in [0, 0.1) is 0 Å². The summed E-state index contributed by atoms with van der Waals surface area (Å²) in [4.78, 5) is 10.7. The lowest BCUT2D eigenvalue weighted by Crippen LogP contribution is -2.58. The SMILES string of the molecule is CCC1(C)C(C)(CC)[N+]1(O)O[N+](O)(CC)O[N+]1(CC)C(C)(CC)C1(C)CC. The Morgan fingerprint density at radius 2 is 1.07 bits per heavy atom. The van der Waals surface area contributed by atoms with Crippen LogP contribution in [0.1, 0.15) is 94.9 Å². The smallest absolute Gasteiger partial charge is 0.175 e. The van der Waals surface area contributed by atoms with Gasteiger partial charge in [0.1, 0.15) is 11.5 Å². The molecule has 2 rings (SSSR count). The summed E-state index contributed by atoms with van der Waals surface area (Å²) >= 11 is 0. The molecule has 2 saturated heterocycles. The third-order valence-corrected chi connectivity index (χ3v) is 9.26. The highest BCUT2D eigenvalue weighted by Gasteiger charge is 2.94. The molecule has 0 amide bonds. The summed E-state index contributed by atoms with van der Waals surface area (Å²) in [6.45, 7) is 21.6. The normalized spacial score (nSPS) is 51.1. The molecule has 5 atom stereocenters. The van der Waals surface area contributed by atoms with Crippen molar-refractivity contribution in [2.75, 3.05) is 13.1 Å². The molecule has 7 nitrogen and oxygen atoms in total. The first-order valence-electron chi connectivity index (χ1n) is 10.8. The standard InChI is InChI=1S/C20H44N3O4/c1-11-17(7)18(8,12-2)21(17,15-5)26-22(24,16-6)27-23(25)19(9,13-3)20(23,10)14-4/h24-25H,11-16H2,1-10H3/q+3. The van der Waals surface area contributed by atoms with Gasteiger partial charge in [0.05, 0.1) is 4.94 Å². The zero-order valence-electron chi connectivity index (χ0n) is 19.3. The Hall–Kier alpha value is -0.280. The molecule has 2 N–H and O–H groups in total. The van der Waals surface area contributed by atoms with Crippen LogP contribution in [0.25, 0.3) is 0 Å². The molecule has 2 aliphatic rings. The highest BCUT2D eigenvalue weighted by atomic mass is 17.3. The first kappa shape index (κ1) is 23.0. The van der Waals surface area contributed by atoms with Crippen molar-refractivity contribution in [3.8, 4) is 0 Å². The average Bonchev–Trinajstić information content (AvgIpc) is 3.26. The van der Waals surface area contributed by atoms with Gasteiger partial charge in [0, 0.05) is 58.2 Å². The maximum absolute atomic E-state index is 11.4. The Morgan fingerprint density at radius 3 is 1.33 bits per heavy atom. The van der Waals surface area contributed by atoms with Gasteiger partial charge in [0.25, 0.3) is 0 Å². The first-order chi connectivity index (χ1) is 12.3. The summed E-state index contributed by atoms with van der Waals surface area (Å²) in [6, 6.07) is 0.